The van der Waals surface area contributed by atoms with Crippen LogP contribution < -0.4 is 15.0 Å². The molecule has 0 heterocycles. The van der Waals surface area contributed by atoms with Crippen LogP contribution in [0.2, 0.25) is 0 Å². The number of benzene rings is 1. The lowest BCUT2D eigenvalue weighted by Gasteiger charge is -2.26. The zero-order valence-corrected chi connectivity index (χ0v) is 14.7. The highest BCUT2D eigenvalue weighted by Gasteiger charge is 2.12. The summed E-state index contributed by atoms with van der Waals surface area (Å²) in [7, 11) is 0. The molecule has 1 aromatic rings. The van der Waals surface area contributed by atoms with Crippen molar-refractivity contribution in [1.82, 2.24) is 5.32 Å². The molecule has 0 saturated carbocycles. The maximum Gasteiger partial charge on any atom is 0.143 e. The van der Waals surface area contributed by atoms with Crippen molar-refractivity contribution in [2.24, 2.45) is 0 Å². The molecule has 124 valence electrons. The molecule has 1 aromatic carbocycles. The summed E-state index contributed by atoms with van der Waals surface area (Å²) >= 11 is 0. The van der Waals surface area contributed by atoms with Gasteiger partial charge >= 0.3 is 0 Å². The number of hydrogen-bond acceptors (Lipinski definition) is 3. The van der Waals surface area contributed by atoms with Crippen molar-refractivity contribution in [3.8, 4) is 5.75 Å². The molecule has 22 heavy (non-hydrogen) atoms. The predicted octanol–water partition coefficient (Wildman–Crippen LogP) is 4.38. The molecule has 0 atom stereocenters. The molecule has 0 amide bonds. The van der Waals surface area contributed by atoms with E-state index in [0.717, 1.165) is 31.9 Å². The van der Waals surface area contributed by atoms with Crippen LogP contribution in [0, 0.1) is 0 Å². The number of nitrogens with one attached hydrogen (secondary N) is 1. The number of rotatable bonds is 11. The van der Waals surface area contributed by atoms with Gasteiger partial charge in [-0.2, -0.15) is 0 Å². The van der Waals surface area contributed by atoms with Crippen LogP contribution in [0.1, 0.15) is 46.1 Å². The van der Waals surface area contributed by atoms with E-state index in [-0.39, 0.29) is 6.10 Å². The smallest absolute Gasteiger partial charge is 0.143 e. The van der Waals surface area contributed by atoms with Crippen LogP contribution in [0.5, 0.6) is 5.75 Å². The second kappa shape index (κ2) is 10.3. The molecule has 0 spiro atoms. The number of ether oxygens (including phenoxy) is 1. The molecule has 0 radical (unpaired) electrons. The van der Waals surface area contributed by atoms with Crippen molar-refractivity contribution in [3.05, 3.63) is 36.4 Å². The van der Waals surface area contributed by atoms with Gasteiger partial charge in [0, 0.05) is 26.2 Å². The lowest BCUT2D eigenvalue weighted by Crippen LogP contribution is -2.25. The number of anilines is 1. The Kier molecular flexibility index (Phi) is 8.68. The molecule has 3 heteroatoms. The van der Waals surface area contributed by atoms with Gasteiger partial charge in [0.25, 0.3) is 0 Å². The molecule has 0 saturated heterocycles. The van der Waals surface area contributed by atoms with Gasteiger partial charge in [0.15, 0.2) is 0 Å². The van der Waals surface area contributed by atoms with E-state index in [9.17, 15) is 0 Å². The predicted molar refractivity (Wildman–Crippen MR) is 96.9 cm³/mol. The molecule has 1 N–H and O–H groups in total. The van der Waals surface area contributed by atoms with Gasteiger partial charge in [-0.1, -0.05) is 25.5 Å². The fourth-order valence-corrected chi connectivity index (χ4v) is 2.39. The van der Waals surface area contributed by atoms with E-state index >= 15 is 0 Å². The Labute approximate surface area is 136 Å². The third kappa shape index (κ3) is 6.10. The number of nitrogens with zero attached hydrogens (tertiary/aromatic N) is 1. The number of hydrogen-bond donors (Lipinski definition) is 1. The summed E-state index contributed by atoms with van der Waals surface area (Å²) < 4.78 is 6.07. The van der Waals surface area contributed by atoms with E-state index in [2.05, 4.69) is 62.7 Å². The van der Waals surface area contributed by atoms with Gasteiger partial charge in [-0.15, -0.1) is 6.58 Å². The summed E-state index contributed by atoms with van der Waals surface area (Å²) in [6.45, 7) is 16.1. The van der Waals surface area contributed by atoms with Crippen LogP contribution in [0.3, 0.4) is 0 Å². The first kappa shape index (κ1) is 18.6. The van der Waals surface area contributed by atoms with E-state index in [4.69, 9.17) is 4.74 Å². The Morgan fingerprint density at radius 3 is 2.68 bits per heavy atom. The summed E-state index contributed by atoms with van der Waals surface area (Å²) in [4.78, 5) is 2.40. The third-order valence-corrected chi connectivity index (χ3v) is 3.51. The second-order valence-electron chi connectivity index (χ2n) is 5.82. The van der Waals surface area contributed by atoms with Crippen molar-refractivity contribution in [2.75, 3.05) is 24.5 Å². The Morgan fingerprint density at radius 1 is 1.32 bits per heavy atom. The fourth-order valence-electron chi connectivity index (χ4n) is 2.39. The highest BCUT2D eigenvalue weighted by molar-refractivity contribution is 5.60. The van der Waals surface area contributed by atoms with Gasteiger partial charge in [-0.3, -0.25) is 0 Å². The van der Waals surface area contributed by atoms with Crippen LogP contribution in [0.25, 0.3) is 0 Å². The van der Waals surface area contributed by atoms with Crippen molar-refractivity contribution in [3.63, 3.8) is 0 Å². The summed E-state index contributed by atoms with van der Waals surface area (Å²) in [5.74, 6) is 0.992. The van der Waals surface area contributed by atoms with Gasteiger partial charge in [-0.25, -0.2) is 0 Å². The zero-order valence-electron chi connectivity index (χ0n) is 14.7. The Bertz CT molecular complexity index is 443. The number of unbranched alkanes of at least 4 members (excludes halogenated alkanes) is 1. The van der Waals surface area contributed by atoms with Gasteiger partial charge in [0.05, 0.1) is 11.8 Å². The lowest BCUT2D eigenvalue weighted by molar-refractivity contribution is 0.242. The first-order valence-electron chi connectivity index (χ1n) is 8.48. The highest BCUT2D eigenvalue weighted by atomic mass is 16.5. The lowest BCUT2D eigenvalue weighted by atomic mass is 10.1. The summed E-state index contributed by atoms with van der Waals surface area (Å²) in [5, 5.41) is 3.34. The minimum Gasteiger partial charge on any atom is -0.489 e. The first-order chi connectivity index (χ1) is 10.6. The van der Waals surface area contributed by atoms with Crippen molar-refractivity contribution >= 4 is 5.69 Å². The molecule has 1 rings (SSSR count). The van der Waals surface area contributed by atoms with Crippen LogP contribution in [0.4, 0.5) is 5.69 Å². The van der Waals surface area contributed by atoms with Crippen LogP contribution in [-0.4, -0.2) is 25.7 Å². The molecule has 0 aliphatic heterocycles. The van der Waals surface area contributed by atoms with Gasteiger partial charge in [-0.05, 0) is 44.9 Å². The van der Waals surface area contributed by atoms with E-state index in [0.29, 0.717) is 0 Å². The maximum absolute atomic E-state index is 6.07. The van der Waals surface area contributed by atoms with Gasteiger partial charge in [0.2, 0.25) is 0 Å². The van der Waals surface area contributed by atoms with E-state index < -0.39 is 0 Å². The minimum absolute atomic E-state index is 0.181. The fraction of sp³-hybridized carbons (Fsp3) is 0.579. The van der Waals surface area contributed by atoms with Gasteiger partial charge < -0.3 is 15.0 Å². The minimum atomic E-state index is 0.181. The summed E-state index contributed by atoms with van der Waals surface area (Å²) in [6.07, 6.45) is 4.47. The van der Waals surface area contributed by atoms with Gasteiger partial charge in [0.1, 0.15) is 5.75 Å². The average molecular weight is 304 g/mol. The molecule has 0 fully saturated rings. The standard InChI is InChI=1S/C19H32N2O/c1-6-9-13-21(8-3)18-11-10-17(15-20-12-7-2)14-19(18)22-16(4)5/h7,10-11,14,16,20H,2,6,8-9,12-13,15H2,1,3-5H3. The third-order valence-electron chi connectivity index (χ3n) is 3.51. The molecule has 0 aliphatic rings. The first-order valence-corrected chi connectivity index (χ1v) is 8.48. The van der Waals surface area contributed by atoms with Crippen LogP contribution in [-0.2, 0) is 6.54 Å². The van der Waals surface area contributed by atoms with Crippen molar-refractivity contribution in [2.45, 2.75) is 53.2 Å². The van der Waals surface area contributed by atoms with Crippen LogP contribution in [0.15, 0.2) is 30.9 Å². The van der Waals surface area contributed by atoms with Crippen molar-refractivity contribution in [1.29, 1.82) is 0 Å². The quantitative estimate of drug-likeness (QED) is 0.485. The van der Waals surface area contributed by atoms with E-state index in [1.807, 2.05) is 6.08 Å². The molecule has 0 aromatic heterocycles. The van der Waals surface area contributed by atoms with E-state index in [1.165, 1.54) is 24.1 Å². The van der Waals surface area contributed by atoms with E-state index in [1.54, 1.807) is 0 Å². The Morgan fingerprint density at radius 2 is 2.09 bits per heavy atom. The molecular formula is C19H32N2O. The zero-order chi connectivity index (χ0) is 16.4. The largest absolute Gasteiger partial charge is 0.489 e. The summed E-state index contributed by atoms with van der Waals surface area (Å²) in [6, 6.07) is 6.55. The monoisotopic (exact) mass is 304 g/mol. The molecule has 0 aliphatic carbocycles. The Hall–Kier alpha value is -1.48. The molecule has 0 bridgehead atoms. The normalized spacial score (nSPS) is 10.8. The molecule has 0 unspecified atom stereocenters. The van der Waals surface area contributed by atoms with Crippen LogP contribution >= 0.6 is 0 Å². The Balaban J connectivity index is 2.95. The summed E-state index contributed by atoms with van der Waals surface area (Å²) in [5.41, 5.74) is 2.45. The average Bonchev–Trinajstić information content (AvgIpc) is 2.49. The maximum atomic E-state index is 6.07. The molecule has 3 nitrogen and oxygen atoms in total. The molecular weight excluding hydrogens is 272 g/mol. The van der Waals surface area contributed by atoms with Crippen molar-refractivity contribution < 1.29 is 4.74 Å². The topological polar surface area (TPSA) is 24.5 Å². The highest BCUT2D eigenvalue weighted by Crippen LogP contribution is 2.31. The SMILES string of the molecule is C=CCNCc1ccc(N(CC)CCCC)c(OC(C)C)c1. The second-order valence-corrected chi connectivity index (χ2v) is 5.82.